The second-order valence-corrected chi connectivity index (χ2v) is 4.51. The van der Waals surface area contributed by atoms with Gasteiger partial charge in [-0.1, -0.05) is 0 Å². The monoisotopic (exact) mass is 249 g/mol. The number of aromatic nitrogens is 1. The normalized spacial score (nSPS) is 16.1. The molecular weight excluding hydrogens is 234 g/mol. The van der Waals surface area contributed by atoms with Gasteiger partial charge in [0.2, 0.25) is 0 Å². The standard InChI is InChI=1S/C12H15N3O3/c1-6-4-5-14-11(8(6)10(13)16)15-9(12(17)18)7-2-3-7/h4-5,7,9H,2-3H2,1H3,(H2,13,16)(H,14,15)(H,17,18). The summed E-state index contributed by atoms with van der Waals surface area (Å²) in [5.74, 6) is -1.19. The van der Waals surface area contributed by atoms with E-state index in [4.69, 9.17) is 10.8 Å². The summed E-state index contributed by atoms with van der Waals surface area (Å²) in [7, 11) is 0. The summed E-state index contributed by atoms with van der Waals surface area (Å²) in [6.07, 6.45) is 3.28. The van der Waals surface area contributed by atoms with Crippen LogP contribution in [0.3, 0.4) is 0 Å². The van der Waals surface area contributed by atoms with Crippen molar-refractivity contribution in [2.24, 2.45) is 11.7 Å². The lowest BCUT2D eigenvalue weighted by molar-refractivity contribution is -0.138. The first-order valence-electron chi connectivity index (χ1n) is 5.75. The van der Waals surface area contributed by atoms with E-state index in [1.54, 1.807) is 13.0 Å². The Morgan fingerprint density at radius 3 is 2.72 bits per heavy atom. The Bertz CT molecular complexity index is 497. The quantitative estimate of drug-likeness (QED) is 0.714. The summed E-state index contributed by atoms with van der Waals surface area (Å²) in [6.45, 7) is 1.74. The highest BCUT2D eigenvalue weighted by molar-refractivity contribution is 5.99. The van der Waals surface area contributed by atoms with E-state index >= 15 is 0 Å². The van der Waals surface area contributed by atoms with Crippen LogP contribution < -0.4 is 11.1 Å². The summed E-state index contributed by atoms with van der Waals surface area (Å²) in [5.41, 5.74) is 6.23. The van der Waals surface area contributed by atoms with Crippen molar-refractivity contribution in [1.29, 1.82) is 0 Å². The number of amides is 1. The number of primary amides is 1. The first kappa shape index (κ1) is 12.3. The molecule has 1 aliphatic rings. The van der Waals surface area contributed by atoms with Gasteiger partial charge < -0.3 is 16.2 Å². The van der Waals surface area contributed by atoms with Crippen molar-refractivity contribution < 1.29 is 14.7 Å². The van der Waals surface area contributed by atoms with Gasteiger partial charge in [-0.15, -0.1) is 0 Å². The van der Waals surface area contributed by atoms with Crippen molar-refractivity contribution in [2.45, 2.75) is 25.8 Å². The van der Waals surface area contributed by atoms with Gasteiger partial charge in [0.15, 0.2) is 0 Å². The largest absolute Gasteiger partial charge is 0.480 e. The SMILES string of the molecule is Cc1ccnc(NC(C(=O)O)C2CC2)c1C(N)=O. The van der Waals surface area contributed by atoms with E-state index < -0.39 is 17.9 Å². The fraction of sp³-hybridized carbons (Fsp3) is 0.417. The fourth-order valence-corrected chi connectivity index (χ4v) is 1.94. The Hall–Kier alpha value is -2.11. The van der Waals surface area contributed by atoms with E-state index in [0.29, 0.717) is 5.56 Å². The number of anilines is 1. The van der Waals surface area contributed by atoms with Crippen LogP contribution in [-0.4, -0.2) is 28.0 Å². The Morgan fingerprint density at radius 2 is 2.22 bits per heavy atom. The van der Waals surface area contributed by atoms with Crippen molar-refractivity contribution in [3.63, 3.8) is 0 Å². The van der Waals surface area contributed by atoms with Crippen LogP contribution in [0.25, 0.3) is 0 Å². The zero-order valence-corrected chi connectivity index (χ0v) is 10.0. The molecule has 6 heteroatoms. The third-order valence-corrected chi connectivity index (χ3v) is 3.06. The second-order valence-electron chi connectivity index (χ2n) is 4.51. The maximum atomic E-state index is 11.4. The number of rotatable bonds is 5. The second kappa shape index (κ2) is 4.64. The van der Waals surface area contributed by atoms with Crippen LogP contribution in [0.2, 0.25) is 0 Å². The highest BCUT2D eigenvalue weighted by atomic mass is 16.4. The molecule has 1 aromatic rings. The molecule has 0 radical (unpaired) electrons. The molecule has 0 spiro atoms. The zero-order valence-electron chi connectivity index (χ0n) is 10.0. The number of carbonyl (C=O) groups excluding carboxylic acids is 1. The van der Waals surface area contributed by atoms with Gasteiger partial charge >= 0.3 is 5.97 Å². The van der Waals surface area contributed by atoms with Crippen molar-refractivity contribution in [3.8, 4) is 0 Å². The molecule has 0 saturated heterocycles. The van der Waals surface area contributed by atoms with E-state index in [1.165, 1.54) is 6.20 Å². The number of hydrogen-bond donors (Lipinski definition) is 3. The molecule has 0 bridgehead atoms. The molecule has 1 heterocycles. The lowest BCUT2D eigenvalue weighted by atomic mass is 10.1. The average molecular weight is 249 g/mol. The number of pyridine rings is 1. The van der Waals surface area contributed by atoms with Gasteiger partial charge in [0.1, 0.15) is 11.9 Å². The maximum absolute atomic E-state index is 11.4. The van der Waals surface area contributed by atoms with Crippen LogP contribution >= 0.6 is 0 Å². The van der Waals surface area contributed by atoms with Crippen LogP contribution in [0.4, 0.5) is 5.82 Å². The number of aliphatic carboxylic acids is 1. The van der Waals surface area contributed by atoms with E-state index in [-0.39, 0.29) is 17.3 Å². The molecule has 1 amide bonds. The lowest BCUT2D eigenvalue weighted by Crippen LogP contribution is -2.33. The smallest absolute Gasteiger partial charge is 0.326 e. The Kier molecular flexibility index (Phi) is 3.18. The van der Waals surface area contributed by atoms with Crippen molar-refractivity contribution in [1.82, 2.24) is 4.98 Å². The van der Waals surface area contributed by atoms with Gasteiger partial charge in [-0.05, 0) is 37.3 Å². The average Bonchev–Trinajstić information content (AvgIpc) is 3.08. The molecule has 1 atom stereocenters. The first-order valence-corrected chi connectivity index (χ1v) is 5.75. The van der Waals surface area contributed by atoms with Gasteiger partial charge in [-0.25, -0.2) is 9.78 Å². The molecule has 96 valence electrons. The lowest BCUT2D eigenvalue weighted by Gasteiger charge is -2.16. The van der Waals surface area contributed by atoms with Crippen molar-refractivity contribution >= 4 is 17.7 Å². The molecule has 0 aromatic carbocycles. The summed E-state index contributed by atoms with van der Waals surface area (Å²) in [6, 6.07) is 0.954. The summed E-state index contributed by atoms with van der Waals surface area (Å²) in [4.78, 5) is 26.5. The molecular formula is C12H15N3O3. The van der Waals surface area contributed by atoms with Gasteiger partial charge in [0.05, 0.1) is 5.56 Å². The third kappa shape index (κ3) is 2.42. The number of nitrogens with two attached hydrogens (primary N) is 1. The maximum Gasteiger partial charge on any atom is 0.326 e. The number of aryl methyl sites for hydroxylation is 1. The molecule has 1 fully saturated rings. The third-order valence-electron chi connectivity index (χ3n) is 3.06. The molecule has 1 saturated carbocycles. The fourth-order valence-electron chi connectivity index (χ4n) is 1.94. The summed E-state index contributed by atoms with van der Waals surface area (Å²) >= 11 is 0. The molecule has 18 heavy (non-hydrogen) atoms. The summed E-state index contributed by atoms with van der Waals surface area (Å²) in [5, 5.41) is 12.0. The summed E-state index contributed by atoms with van der Waals surface area (Å²) < 4.78 is 0. The predicted octanol–water partition coefficient (Wildman–Crippen LogP) is 0.764. The molecule has 1 aromatic heterocycles. The van der Waals surface area contributed by atoms with Gasteiger partial charge in [0, 0.05) is 6.20 Å². The van der Waals surface area contributed by atoms with E-state index in [9.17, 15) is 9.59 Å². The van der Waals surface area contributed by atoms with E-state index in [0.717, 1.165) is 12.8 Å². The minimum atomic E-state index is -0.934. The number of nitrogens with zero attached hydrogens (tertiary/aromatic N) is 1. The number of nitrogens with one attached hydrogen (secondary N) is 1. The number of hydrogen-bond acceptors (Lipinski definition) is 4. The minimum absolute atomic E-state index is 0.102. The Morgan fingerprint density at radius 1 is 1.56 bits per heavy atom. The molecule has 2 rings (SSSR count). The van der Waals surface area contributed by atoms with Crippen LogP contribution in [-0.2, 0) is 4.79 Å². The molecule has 1 unspecified atom stereocenters. The molecule has 6 nitrogen and oxygen atoms in total. The number of carbonyl (C=O) groups is 2. The van der Waals surface area contributed by atoms with E-state index in [1.807, 2.05) is 0 Å². The first-order chi connectivity index (χ1) is 8.50. The number of carboxylic acids is 1. The van der Waals surface area contributed by atoms with Crippen LogP contribution in [0, 0.1) is 12.8 Å². The van der Waals surface area contributed by atoms with Crippen molar-refractivity contribution in [2.75, 3.05) is 5.32 Å². The number of carboxylic acid groups (broad SMARTS) is 1. The molecule has 1 aliphatic carbocycles. The van der Waals surface area contributed by atoms with Gasteiger partial charge in [-0.2, -0.15) is 0 Å². The predicted molar refractivity (Wildman–Crippen MR) is 65.3 cm³/mol. The van der Waals surface area contributed by atoms with E-state index in [2.05, 4.69) is 10.3 Å². The Labute approximate surface area is 104 Å². The van der Waals surface area contributed by atoms with Gasteiger partial charge in [-0.3, -0.25) is 4.79 Å². The topological polar surface area (TPSA) is 105 Å². The highest BCUT2D eigenvalue weighted by Gasteiger charge is 2.37. The minimum Gasteiger partial charge on any atom is -0.480 e. The Balaban J connectivity index is 2.30. The molecule has 0 aliphatic heterocycles. The van der Waals surface area contributed by atoms with Crippen LogP contribution in [0.1, 0.15) is 28.8 Å². The van der Waals surface area contributed by atoms with Crippen LogP contribution in [0.5, 0.6) is 0 Å². The molecule has 4 N–H and O–H groups in total. The van der Waals surface area contributed by atoms with Crippen LogP contribution in [0.15, 0.2) is 12.3 Å². The highest BCUT2D eigenvalue weighted by Crippen LogP contribution is 2.34. The zero-order chi connectivity index (χ0) is 13.3. The van der Waals surface area contributed by atoms with Gasteiger partial charge in [0.25, 0.3) is 5.91 Å². The van der Waals surface area contributed by atoms with Crippen molar-refractivity contribution in [3.05, 3.63) is 23.4 Å².